The first-order valence-corrected chi connectivity index (χ1v) is 13.0. The van der Waals surface area contributed by atoms with Gasteiger partial charge in [-0.2, -0.15) is 9.41 Å². The number of hydrazone groups is 1. The minimum Gasteiger partial charge on any atom is -0.493 e. The highest BCUT2D eigenvalue weighted by molar-refractivity contribution is 7.89. The van der Waals surface area contributed by atoms with Crippen molar-refractivity contribution in [2.24, 2.45) is 5.10 Å². The minimum absolute atomic E-state index is 0.0447. The van der Waals surface area contributed by atoms with Crippen LogP contribution in [0.5, 0.6) is 11.5 Å². The molecule has 0 heterocycles. The summed E-state index contributed by atoms with van der Waals surface area (Å²) in [6.45, 7) is -0.786. The number of rotatable bonds is 10. The van der Waals surface area contributed by atoms with Crippen LogP contribution in [0, 0.1) is 0 Å². The Kier molecular flexibility index (Phi) is 9.58. The lowest BCUT2D eigenvalue weighted by molar-refractivity contribution is -0.121. The number of methoxy groups -OCH3 is 2. The largest absolute Gasteiger partial charge is 0.493 e. The number of amides is 1. The molecule has 1 N–H and O–H groups in total. The standard InChI is InChI=1S/C24H22Cl3N3O5S/c1-34-22-11-6-16(12-23(22)35-2)13-28-29-24(31)15-30(14-19-20(26)4-3-5-21(19)27)36(32,33)18-9-7-17(25)8-10-18/h3-13H,14-15H2,1-2H3,(H,29,31)/b28-13-. The SMILES string of the molecule is COc1ccc(/C=N\NC(=O)CN(Cc2c(Cl)cccc2Cl)S(=O)(=O)c2ccc(Cl)cc2)cc1OC. The number of hydrogen-bond acceptors (Lipinski definition) is 6. The minimum atomic E-state index is -4.12. The number of nitrogens with one attached hydrogen (secondary N) is 1. The fourth-order valence-electron chi connectivity index (χ4n) is 3.15. The molecule has 0 aliphatic rings. The van der Waals surface area contributed by atoms with E-state index < -0.39 is 22.5 Å². The molecule has 36 heavy (non-hydrogen) atoms. The summed E-state index contributed by atoms with van der Waals surface area (Å²) in [5.41, 5.74) is 3.33. The van der Waals surface area contributed by atoms with E-state index in [1.54, 1.807) is 36.4 Å². The van der Waals surface area contributed by atoms with E-state index >= 15 is 0 Å². The molecule has 0 spiro atoms. The van der Waals surface area contributed by atoms with E-state index in [2.05, 4.69) is 10.5 Å². The molecule has 0 radical (unpaired) electrons. The van der Waals surface area contributed by atoms with Gasteiger partial charge in [0.05, 0.1) is 31.9 Å². The molecule has 0 unspecified atom stereocenters. The number of benzene rings is 3. The van der Waals surface area contributed by atoms with E-state index in [4.69, 9.17) is 44.3 Å². The summed E-state index contributed by atoms with van der Waals surface area (Å²) in [6.07, 6.45) is 1.39. The van der Waals surface area contributed by atoms with E-state index in [0.717, 1.165) is 4.31 Å². The van der Waals surface area contributed by atoms with Gasteiger partial charge in [0.2, 0.25) is 10.0 Å². The van der Waals surface area contributed by atoms with Gasteiger partial charge in [-0.05, 0) is 60.2 Å². The van der Waals surface area contributed by atoms with Crippen molar-refractivity contribution in [3.05, 3.63) is 86.9 Å². The first-order valence-electron chi connectivity index (χ1n) is 10.4. The summed E-state index contributed by atoms with van der Waals surface area (Å²) in [4.78, 5) is 12.7. The lowest BCUT2D eigenvalue weighted by Crippen LogP contribution is -2.39. The fraction of sp³-hybridized carbons (Fsp3) is 0.167. The third-order valence-electron chi connectivity index (χ3n) is 4.98. The second-order valence-corrected chi connectivity index (χ2v) is 10.5. The van der Waals surface area contributed by atoms with E-state index in [1.165, 1.54) is 44.7 Å². The van der Waals surface area contributed by atoms with E-state index in [0.29, 0.717) is 27.6 Å². The first-order chi connectivity index (χ1) is 17.1. The lowest BCUT2D eigenvalue weighted by atomic mass is 10.2. The van der Waals surface area contributed by atoms with Crippen molar-refractivity contribution in [2.45, 2.75) is 11.4 Å². The van der Waals surface area contributed by atoms with Crippen LogP contribution in [0.15, 0.2) is 70.7 Å². The highest BCUT2D eigenvalue weighted by Gasteiger charge is 2.28. The normalized spacial score (nSPS) is 11.6. The van der Waals surface area contributed by atoms with Crippen LogP contribution in [0.25, 0.3) is 0 Å². The van der Waals surface area contributed by atoms with Gasteiger partial charge in [0.15, 0.2) is 11.5 Å². The number of carbonyl (C=O) groups excluding carboxylic acids is 1. The zero-order chi connectivity index (χ0) is 26.3. The third kappa shape index (κ3) is 6.89. The molecule has 1 amide bonds. The Morgan fingerprint density at radius 2 is 1.61 bits per heavy atom. The van der Waals surface area contributed by atoms with Crippen LogP contribution in [0.1, 0.15) is 11.1 Å². The Balaban J connectivity index is 1.82. The van der Waals surface area contributed by atoms with Gasteiger partial charge in [-0.1, -0.05) is 40.9 Å². The zero-order valence-electron chi connectivity index (χ0n) is 19.2. The zero-order valence-corrected chi connectivity index (χ0v) is 22.3. The third-order valence-corrected chi connectivity index (χ3v) is 7.74. The molecule has 0 saturated heterocycles. The van der Waals surface area contributed by atoms with Crippen molar-refractivity contribution < 1.29 is 22.7 Å². The Morgan fingerprint density at radius 1 is 0.972 bits per heavy atom. The van der Waals surface area contributed by atoms with Crippen LogP contribution in [0.3, 0.4) is 0 Å². The van der Waals surface area contributed by atoms with E-state index in [1.807, 2.05) is 0 Å². The van der Waals surface area contributed by atoms with Crippen LogP contribution in [-0.4, -0.2) is 45.6 Å². The van der Waals surface area contributed by atoms with Crippen LogP contribution >= 0.6 is 34.8 Å². The average Bonchev–Trinajstić information content (AvgIpc) is 2.85. The Labute approximate surface area is 224 Å². The number of nitrogens with zero attached hydrogens (tertiary/aromatic N) is 2. The smallest absolute Gasteiger partial charge is 0.255 e. The topological polar surface area (TPSA) is 97.3 Å². The number of hydrogen-bond donors (Lipinski definition) is 1. The molecule has 0 saturated carbocycles. The predicted octanol–water partition coefficient (Wildman–Crippen LogP) is 5.01. The Bertz CT molecular complexity index is 1350. The molecule has 190 valence electrons. The molecule has 3 aromatic rings. The Morgan fingerprint density at radius 3 is 2.22 bits per heavy atom. The highest BCUT2D eigenvalue weighted by atomic mass is 35.5. The maximum absolute atomic E-state index is 13.4. The second kappa shape index (κ2) is 12.4. The van der Waals surface area contributed by atoms with Gasteiger partial charge < -0.3 is 9.47 Å². The summed E-state index contributed by atoms with van der Waals surface area (Å²) >= 11 is 18.4. The quantitative estimate of drug-likeness (QED) is 0.273. The molecule has 0 atom stereocenters. The highest BCUT2D eigenvalue weighted by Crippen LogP contribution is 2.29. The van der Waals surface area contributed by atoms with Crippen molar-refractivity contribution in [1.29, 1.82) is 0 Å². The van der Waals surface area contributed by atoms with Gasteiger partial charge in [0.25, 0.3) is 5.91 Å². The molecule has 0 aliphatic heterocycles. The summed E-state index contributed by atoms with van der Waals surface area (Å²) < 4.78 is 38.2. The molecule has 8 nitrogen and oxygen atoms in total. The summed E-state index contributed by atoms with van der Waals surface area (Å²) in [7, 11) is -1.10. The van der Waals surface area contributed by atoms with Crippen LogP contribution < -0.4 is 14.9 Å². The maximum atomic E-state index is 13.4. The summed E-state index contributed by atoms with van der Waals surface area (Å²) in [6, 6.07) is 15.5. The predicted molar refractivity (Wildman–Crippen MR) is 141 cm³/mol. The molecular formula is C24H22Cl3N3O5S. The molecule has 12 heteroatoms. The number of carbonyl (C=O) groups is 1. The maximum Gasteiger partial charge on any atom is 0.255 e. The summed E-state index contributed by atoms with van der Waals surface area (Å²) in [5, 5.41) is 4.83. The van der Waals surface area contributed by atoms with Crippen molar-refractivity contribution >= 4 is 56.9 Å². The van der Waals surface area contributed by atoms with E-state index in [-0.39, 0.29) is 21.5 Å². The van der Waals surface area contributed by atoms with Crippen molar-refractivity contribution in [1.82, 2.24) is 9.73 Å². The van der Waals surface area contributed by atoms with Gasteiger partial charge in [-0.25, -0.2) is 13.8 Å². The molecule has 0 aromatic heterocycles. The number of ether oxygens (including phenoxy) is 2. The number of sulfonamides is 1. The fourth-order valence-corrected chi connectivity index (χ4v) is 5.16. The van der Waals surface area contributed by atoms with Crippen LogP contribution in [0.4, 0.5) is 0 Å². The summed E-state index contributed by atoms with van der Waals surface area (Å²) in [5.74, 6) is 0.358. The number of halogens is 3. The van der Waals surface area contributed by atoms with Crippen molar-refractivity contribution in [3.8, 4) is 11.5 Å². The van der Waals surface area contributed by atoms with Crippen molar-refractivity contribution in [2.75, 3.05) is 20.8 Å². The molecular weight excluding hydrogens is 549 g/mol. The first kappa shape index (κ1) is 27.8. The van der Waals surface area contributed by atoms with Crippen molar-refractivity contribution in [3.63, 3.8) is 0 Å². The van der Waals surface area contributed by atoms with Gasteiger partial charge in [-0.3, -0.25) is 4.79 Å². The second-order valence-electron chi connectivity index (χ2n) is 7.33. The average molecular weight is 571 g/mol. The molecule has 0 fully saturated rings. The van der Waals surface area contributed by atoms with Gasteiger partial charge in [0, 0.05) is 27.2 Å². The van der Waals surface area contributed by atoms with Crippen LogP contribution in [-0.2, 0) is 21.4 Å². The monoisotopic (exact) mass is 569 g/mol. The van der Waals surface area contributed by atoms with E-state index in [9.17, 15) is 13.2 Å². The van der Waals surface area contributed by atoms with Gasteiger partial charge in [0.1, 0.15) is 0 Å². The molecule has 0 aliphatic carbocycles. The van der Waals surface area contributed by atoms with Gasteiger partial charge in [-0.15, -0.1) is 0 Å². The Hall–Kier alpha value is -2.82. The van der Waals surface area contributed by atoms with Crippen LogP contribution in [0.2, 0.25) is 15.1 Å². The molecule has 3 aromatic carbocycles. The molecule has 3 rings (SSSR count). The molecule has 0 bridgehead atoms. The lowest BCUT2D eigenvalue weighted by Gasteiger charge is -2.22. The van der Waals surface area contributed by atoms with Gasteiger partial charge >= 0.3 is 0 Å².